The molecule has 2 heterocycles. The third kappa shape index (κ3) is 3.23. The molecule has 5 nitrogen and oxygen atoms in total. The zero-order valence-electron chi connectivity index (χ0n) is 11.4. The minimum atomic E-state index is 0.282. The molecule has 0 aliphatic rings. The number of anilines is 1. The Bertz CT molecular complexity index is 550. The fraction of sp³-hybridized carbons (Fsp3) is 0.462. The van der Waals surface area contributed by atoms with Crippen molar-refractivity contribution in [2.45, 2.75) is 26.2 Å². The number of hydrogen-bond acceptors (Lipinski definition) is 4. The standard InChI is InChI=1S/C13H18ClN5/c1-9(2)11-12(14)17-8-18-13(11)16-5-4-10-15-6-7-19(10)3/h6-9H,4-5H2,1-3H3,(H,16,17,18). The van der Waals surface area contributed by atoms with Crippen molar-refractivity contribution in [1.29, 1.82) is 0 Å². The van der Waals surface area contributed by atoms with E-state index in [4.69, 9.17) is 11.6 Å². The quantitative estimate of drug-likeness (QED) is 0.855. The molecule has 0 aliphatic heterocycles. The summed E-state index contributed by atoms with van der Waals surface area (Å²) in [5, 5.41) is 3.83. The third-order valence-electron chi connectivity index (χ3n) is 2.97. The van der Waals surface area contributed by atoms with Gasteiger partial charge in [0.05, 0.1) is 0 Å². The minimum Gasteiger partial charge on any atom is -0.369 e. The Kier molecular flexibility index (Phi) is 4.37. The molecular weight excluding hydrogens is 262 g/mol. The summed E-state index contributed by atoms with van der Waals surface area (Å²) in [7, 11) is 1.99. The van der Waals surface area contributed by atoms with Crippen molar-refractivity contribution in [3.63, 3.8) is 0 Å². The number of rotatable bonds is 5. The highest BCUT2D eigenvalue weighted by Gasteiger charge is 2.13. The van der Waals surface area contributed by atoms with Gasteiger partial charge < -0.3 is 9.88 Å². The first kappa shape index (κ1) is 13.8. The van der Waals surface area contributed by atoms with Gasteiger partial charge in [-0.15, -0.1) is 0 Å². The van der Waals surface area contributed by atoms with Gasteiger partial charge in [0.1, 0.15) is 23.1 Å². The normalized spacial score (nSPS) is 11.0. The fourth-order valence-corrected chi connectivity index (χ4v) is 2.31. The van der Waals surface area contributed by atoms with Gasteiger partial charge in [-0.2, -0.15) is 0 Å². The van der Waals surface area contributed by atoms with Gasteiger partial charge in [0.2, 0.25) is 0 Å². The van der Waals surface area contributed by atoms with Crippen molar-refractivity contribution in [3.8, 4) is 0 Å². The van der Waals surface area contributed by atoms with Gasteiger partial charge in [0.15, 0.2) is 0 Å². The largest absolute Gasteiger partial charge is 0.369 e. The molecular formula is C13H18ClN5. The smallest absolute Gasteiger partial charge is 0.138 e. The molecule has 6 heteroatoms. The second kappa shape index (κ2) is 6.02. The zero-order chi connectivity index (χ0) is 13.8. The van der Waals surface area contributed by atoms with Crippen molar-refractivity contribution in [3.05, 3.63) is 35.3 Å². The van der Waals surface area contributed by atoms with Gasteiger partial charge in [-0.05, 0) is 5.92 Å². The third-order valence-corrected chi connectivity index (χ3v) is 3.28. The average Bonchev–Trinajstić information content (AvgIpc) is 2.75. The van der Waals surface area contributed by atoms with Gasteiger partial charge in [-0.25, -0.2) is 15.0 Å². The van der Waals surface area contributed by atoms with Crippen LogP contribution in [-0.2, 0) is 13.5 Å². The maximum atomic E-state index is 6.12. The Balaban J connectivity index is 2.04. The molecule has 2 aromatic rings. The molecule has 0 unspecified atom stereocenters. The highest BCUT2D eigenvalue weighted by atomic mass is 35.5. The lowest BCUT2D eigenvalue weighted by molar-refractivity contribution is 0.784. The van der Waals surface area contributed by atoms with Crippen molar-refractivity contribution in [2.75, 3.05) is 11.9 Å². The molecule has 0 aliphatic carbocycles. The lowest BCUT2D eigenvalue weighted by Crippen LogP contribution is -2.12. The number of aromatic nitrogens is 4. The molecule has 2 aromatic heterocycles. The van der Waals surface area contributed by atoms with E-state index >= 15 is 0 Å². The minimum absolute atomic E-state index is 0.282. The van der Waals surface area contributed by atoms with Crippen LogP contribution in [0.15, 0.2) is 18.7 Å². The maximum Gasteiger partial charge on any atom is 0.138 e. The molecule has 0 atom stereocenters. The lowest BCUT2D eigenvalue weighted by Gasteiger charge is -2.14. The van der Waals surface area contributed by atoms with E-state index in [-0.39, 0.29) is 5.92 Å². The number of imidazole rings is 1. The summed E-state index contributed by atoms with van der Waals surface area (Å²) in [6.45, 7) is 4.92. The number of halogens is 1. The molecule has 0 aromatic carbocycles. The number of aryl methyl sites for hydroxylation is 1. The van der Waals surface area contributed by atoms with Crippen LogP contribution in [0.5, 0.6) is 0 Å². The van der Waals surface area contributed by atoms with Crippen LogP contribution in [0, 0.1) is 0 Å². The van der Waals surface area contributed by atoms with Crippen LogP contribution in [0.4, 0.5) is 5.82 Å². The predicted octanol–water partition coefficient (Wildman–Crippen LogP) is 2.64. The molecule has 1 N–H and O–H groups in total. The first-order valence-corrected chi connectivity index (χ1v) is 6.68. The molecule has 0 radical (unpaired) electrons. The molecule has 2 rings (SSSR count). The van der Waals surface area contributed by atoms with Crippen molar-refractivity contribution in [1.82, 2.24) is 19.5 Å². The van der Waals surface area contributed by atoms with E-state index in [1.807, 2.05) is 17.8 Å². The van der Waals surface area contributed by atoms with Gasteiger partial charge in [0.25, 0.3) is 0 Å². The monoisotopic (exact) mass is 279 g/mol. The van der Waals surface area contributed by atoms with Crippen LogP contribution in [0.1, 0.15) is 31.2 Å². The van der Waals surface area contributed by atoms with Crippen molar-refractivity contribution >= 4 is 17.4 Å². The second-order valence-corrected chi connectivity index (χ2v) is 5.07. The van der Waals surface area contributed by atoms with Gasteiger partial charge >= 0.3 is 0 Å². The Labute approximate surface area is 118 Å². The lowest BCUT2D eigenvalue weighted by atomic mass is 10.1. The summed E-state index contributed by atoms with van der Waals surface area (Å²) in [5.41, 5.74) is 0.962. The Hall–Kier alpha value is -1.62. The first-order chi connectivity index (χ1) is 9.09. The summed E-state index contributed by atoms with van der Waals surface area (Å²) >= 11 is 6.12. The van der Waals surface area contributed by atoms with Crippen molar-refractivity contribution in [2.24, 2.45) is 7.05 Å². The summed E-state index contributed by atoms with van der Waals surface area (Å²) in [4.78, 5) is 12.6. The van der Waals surface area contributed by atoms with Gasteiger partial charge in [-0.1, -0.05) is 25.4 Å². The van der Waals surface area contributed by atoms with Crippen LogP contribution in [0.25, 0.3) is 0 Å². The molecule has 0 amide bonds. The topological polar surface area (TPSA) is 55.6 Å². The highest BCUT2D eigenvalue weighted by Crippen LogP contribution is 2.27. The molecule has 0 bridgehead atoms. The Morgan fingerprint density at radius 3 is 2.74 bits per heavy atom. The average molecular weight is 280 g/mol. The first-order valence-electron chi connectivity index (χ1n) is 6.30. The van der Waals surface area contributed by atoms with E-state index in [2.05, 4.69) is 34.1 Å². The van der Waals surface area contributed by atoms with Crippen LogP contribution < -0.4 is 5.32 Å². The molecule has 0 spiro atoms. The summed E-state index contributed by atoms with van der Waals surface area (Å²) < 4.78 is 2.01. The van der Waals surface area contributed by atoms with Crippen molar-refractivity contribution < 1.29 is 0 Å². The summed E-state index contributed by atoms with van der Waals surface area (Å²) in [6, 6.07) is 0. The number of nitrogens with zero attached hydrogens (tertiary/aromatic N) is 4. The number of hydrogen-bond donors (Lipinski definition) is 1. The fourth-order valence-electron chi connectivity index (χ4n) is 1.96. The second-order valence-electron chi connectivity index (χ2n) is 4.71. The molecule has 0 saturated heterocycles. The predicted molar refractivity (Wildman–Crippen MR) is 76.5 cm³/mol. The SMILES string of the molecule is CC(C)c1c(Cl)ncnc1NCCc1nccn1C. The van der Waals surface area contributed by atoms with Gasteiger partial charge in [-0.3, -0.25) is 0 Å². The molecule has 0 fully saturated rings. The van der Waals surface area contributed by atoms with Crippen LogP contribution in [-0.4, -0.2) is 26.1 Å². The van der Waals surface area contributed by atoms with Crippen LogP contribution in [0.3, 0.4) is 0 Å². The van der Waals surface area contributed by atoms with E-state index < -0.39 is 0 Å². The molecule has 102 valence electrons. The van der Waals surface area contributed by atoms with E-state index in [1.54, 1.807) is 6.20 Å². The van der Waals surface area contributed by atoms with E-state index in [0.29, 0.717) is 5.15 Å². The number of nitrogens with one attached hydrogen (secondary N) is 1. The summed E-state index contributed by atoms with van der Waals surface area (Å²) in [6.07, 6.45) is 6.06. The molecule has 19 heavy (non-hydrogen) atoms. The Morgan fingerprint density at radius 1 is 1.32 bits per heavy atom. The highest BCUT2D eigenvalue weighted by molar-refractivity contribution is 6.30. The van der Waals surface area contributed by atoms with E-state index in [1.165, 1.54) is 6.33 Å². The zero-order valence-corrected chi connectivity index (χ0v) is 12.1. The Morgan fingerprint density at radius 2 is 2.11 bits per heavy atom. The van der Waals surface area contributed by atoms with Crippen LogP contribution >= 0.6 is 11.6 Å². The summed E-state index contributed by atoms with van der Waals surface area (Å²) in [5.74, 6) is 2.13. The van der Waals surface area contributed by atoms with E-state index in [9.17, 15) is 0 Å². The maximum absolute atomic E-state index is 6.12. The van der Waals surface area contributed by atoms with Crippen LogP contribution in [0.2, 0.25) is 5.15 Å². The van der Waals surface area contributed by atoms with E-state index in [0.717, 1.165) is 30.2 Å². The van der Waals surface area contributed by atoms with Gasteiger partial charge in [0, 0.05) is 38.0 Å². The molecule has 0 saturated carbocycles.